The molecule has 0 unspecified atom stereocenters. The van der Waals surface area contributed by atoms with Crippen LogP contribution in [0.2, 0.25) is 0 Å². The Morgan fingerprint density at radius 3 is 2.90 bits per heavy atom. The quantitative estimate of drug-likeness (QED) is 0.849. The second-order valence-corrected chi connectivity index (χ2v) is 4.72. The van der Waals surface area contributed by atoms with Crippen LogP contribution in [-0.4, -0.2) is 53.5 Å². The number of hydrogen-bond acceptors (Lipinski definition) is 5. The largest absolute Gasteiger partial charge is 0.360 e. The number of rotatable bonds is 3. The van der Waals surface area contributed by atoms with Gasteiger partial charge in [0.05, 0.1) is 12.1 Å². The highest BCUT2D eigenvalue weighted by Gasteiger charge is 2.16. The summed E-state index contributed by atoms with van der Waals surface area (Å²) in [7, 11) is 0. The molecule has 0 atom stereocenters. The first kappa shape index (κ1) is 12.8. The van der Waals surface area contributed by atoms with Crippen molar-refractivity contribution < 1.29 is 4.79 Å². The van der Waals surface area contributed by atoms with Gasteiger partial charge < -0.3 is 15.5 Å². The number of nitrogens with zero attached hydrogens (tertiary/aromatic N) is 3. The molecule has 104 valence electrons. The summed E-state index contributed by atoms with van der Waals surface area (Å²) in [5.41, 5.74) is 0.875. The van der Waals surface area contributed by atoms with Crippen LogP contribution in [0.1, 0.15) is 0 Å². The maximum atomic E-state index is 12.1. The molecule has 0 spiro atoms. The Bertz CT molecular complexity index is 604. The maximum Gasteiger partial charge on any atom is 0.242 e. The summed E-state index contributed by atoms with van der Waals surface area (Å²) in [5.74, 6) is 0.813. The zero-order valence-corrected chi connectivity index (χ0v) is 11.2. The molecule has 1 aliphatic rings. The van der Waals surface area contributed by atoms with E-state index in [4.69, 9.17) is 0 Å². The molecule has 0 aliphatic carbocycles. The van der Waals surface area contributed by atoms with E-state index in [1.807, 2.05) is 29.2 Å². The van der Waals surface area contributed by atoms with E-state index >= 15 is 0 Å². The smallest absolute Gasteiger partial charge is 0.242 e. The topological polar surface area (TPSA) is 70.2 Å². The van der Waals surface area contributed by atoms with Crippen LogP contribution >= 0.6 is 0 Å². The molecule has 0 saturated carbocycles. The monoisotopic (exact) mass is 271 g/mol. The van der Waals surface area contributed by atoms with Gasteiger partial charge in [0.1, 0.15) is 12.1 Å². The summed E-state index contributed by atoms with van der Waals surface area (Å²) in [5, 5.41) is 7.29. The van der Waals surface area contributed by atoms with E-state index in [9.17, 15) is 4.79 Å². The van der Waals surface area contributed by atoms with E-state index in [0.717, 1.165) is 37.1 Å². The fraction of sp³-hybridized carbons (Fsp3) is 0.357. The predicted octanol–water partition coefficient (Wildman–Crippen LogP) is 0.473. The van der Waals surface area contributed by atoms with Gasteiger partial charge in [0.15, 0.2) is 0 Å². The third-order valence-corrected chi connectivity index (χ3v) is 3.42. The van der Waals surface area contributed by atoms with Crippen LogP contribution in [-0.2, 0) is 4.79 Å². The van der Waals surface area contributed by atoms with Gasteiger partial charge in [0.25, 0.3) is 0 Å². The van der Waals surface area contributed by atoms with Crippen LogP contribution in [0.3, 0.4) is 0 Å². The SMILES string of the molecule is O=C(CNc1ncnc2ccccc12)N1CCNCC1. The average Bonchev–Trinajstić information content (AvgIpc) is 2.53. The molecule has 2 heterocycles. The lowest BCUT2D eigenvalue weighted by atomic mass is 10.2. The van der Waals surface area contributed by atoms with Crippen molar-refractivity contribution in [2.24, 2.45) is 0 Å². The summed E-state index contributed by atoms with van der Waals surface area (Å²) in [4.78, 5) is 22.4. The third kappa shape index (κ3) is 2.70. The van der Waals surface area contributed by atoms with Crippen molar-refractivity contribution >= 4 is 22.6 Å². The second kappa shape index (κ2) is 5.83. The molecule has 6 nitrogen and oxygen atoms in total. The van der Waals surface area contributed by atoms with Crippen molar-refractivity contribution in [3.63, 3.8) is 0 Å². The van der Waals surface area contributed by atoms with E-state index in [-0.39, 0.29) is 12.5 Å². The highest BCUT2D eigenvalue weighted by Crippen LogP contribution is 2.17. The molecule has 3 rings (SSSR count). The molecule has 1 saturated heterocycles. The number of piperazine rings is 1. The van der Waals surface area contributed by atoms with Gasteiger partial charge in [-0.2, -0.15) is 0 Å². The van der Waals surface area contributed by atoms with Crippen LogP contribution in [0.4, 0.5) is 5.82 Å². The first-order chi connectivity index (χ1) is 9.84. The number of nitrogens with one attached hydrogen (secondary N) is 2. The number of fused-ring (bicyclic) bond motifs is 1. The van der Waals surface area contributed by atoms with Crippen molar-refractivity contribution in [3.05, 3.63) is 30.6 Å². The lowest BCUT2D eigenvalue weighted by molar-refractivity contribution is -0.129. The lowest BCUT2D eigenvalue weighted by Crippen LogP contribution is -2.48. The first-order valence-corrected chi connectivity index (χ1v) is 6.77. The Balaban J connectivity index is 1.69. The van der Waals surface area contributed by atoms with E-state index < -0.39 is 0 Å². The predicted molar refractivity (Wildman–Crippen MR) is 77.5 cm³/mol. The van der Waals surface area contributed by atoms with Crippen LogP contribution in [0.5, 0.6) is 0 Å². The lowest BCUT2D eigenvalue weighted by Gasteiger charge is -2.27. The number of para-hydroxylation sites is 1. The molecular formula is C14H17N5O. The molecule has 2 N–H and O–H groups in total. The Morgan fingerprint density at radius 1 is 1.25 bits per heavy atom. The number of carbonyl (C=O) groups excluding carboxylic acids is 1. The van der Waals surface area contributed by atoms with Crippen LogP contribution < -0.4 is 10.6 Å². The van der Waals surface area contributed by atoms with E-state index in [2.05, 4.69) is 20.6 Å². The molecule has 1 fully saturated rings. The Morgan fingerprint density at radius 2 is 2.05 bits per heavy atom. The number of amides is 1. The fourth-order valence-corrected chi connectivity index (χ4v) is 2.33. The molecule has 1 aliphatic heterocycles. The van der Waals surface area contributed by atoms with E-state index in [0.29, 0.717) is 5.82 Å². The number of anilines is 1. The minimum Gasteiger partial charge on any atom is -0.360 e. The van der Waals surface area contributed by atoms with Gasteiger partial charge in [-0.1, -0.05) is 12.1 Å². The molecule has 1 aromatic heterocycles. The van der Waals surface area contributed by atoms with E-state index in [1.54, 1.807) is 0 Å². The molecule has 6 heteroatoms. The maximum absolute atomic E-state index is 12.1. The summed E-state index contributed by atoms with van der Waals surface area (Å²) in [6, 6.07) is 7.76. The third-order valence-electron chi connectivity index (χ3n) is 3.42. The molecule has 0 radical (unpaired) electrons. The Hall–Kier alpha value is -2.21. The fourth-order valence-electron chi connectivity index (χ4n) is 2.33. The highest BCUT2D eigenvalue weighted by atomic mass is 16.2. The minimum atomic E-state index is 0.106. The molecule has 1 amide bonds. The number of aromatic nitrogens is 2. The normalized spacial score (nSPS) is 15.3. The molecule has 20 heavy (non-hydrogen) atoms. The summed E-state index contributed by atoms with van der Waals surface area (Å²) in [6.07, 6.45) is 1.51. The van der Waals surface area contributed by atoms with Crippen molar-refractivity contribution in [2.45, 2.75) is 0 Å². The number of carbonyl (C=O) groups is 1. The number of hydrogen-bond donors (Lipinski definition) is 2. The van der Waals surface area contributed by atoms with Crippen molar-refractivity contribution in [1.29, 1.82) is 0 Å². The van der Waals surface area contributed by atoms with Crippen molar-refractivity contribution in [1.82, 2.24) is 20.2 Å². The molecule has 2 aromatic rings. The van der Waals surface area contributed by atoms with Gasteiger partial charge in [-0.15, -0.1) is 0 Å². The zero-order valence-electron chi connectivity index (χ0n) is 11.2. The minimum absolute atomic E-state index is 0.106. The van der Waals surface area contributed by atoms with Crippen LogP contribution in [0.15, 0.2) is 30.6 Å². The first-order valence-electron chi connectivity index (χ1n) is 6.77. The summed E-state index contributed by atoms with van der Waals surface area (Å²) >= 11 is 0. The van der Waals surface area contributed by atoms with Crippen LogP contribution in [0, 0.1) is 0 Å². The highest BCUT2D eigenvalue weighted by molar-refractivity contribution is 5.90. The standard InChI is InChI=1S/C14H17N5O/c20-13(19-7-5-15-6-8-19)9-16-14-11-3-1-2-4-12(11)17-10-18-14/h1-4,10,15H,5-9H2,(H,16,17,18). The van der Waals surface area contributed by atoms with Gasteiger partial charge in [0.2, 0.25) is 5.91 Å². The van der Waals surface area contributed by atoms with Crippen molar-refractivity contribution in [2.75, 3.05) is 38.0 Å². The van der Waals surface area contributed by atoms with E-state index in [1.165, 1.54) is 6.33 Å². The molecule has 0 bridgehead atoms. The average molecular weight is 271 g/mol. The molecule has 1 aromatic carbocycles. The second-order valence-electron chi connectivity index (χ2n) is 4.72. The van der Waals surface area contributed by atoms with Gasteiger partial charge in [-0.3, -0.25) is 4.79 Å². The summed E-state index contributed by atoms with van der Waals surface area (Å²) in [6.45, 7) is 3.53. The van der Waals surface area contributed by atoms with Gasteiger partial charge in [-0.25, -0.2) is 9.97 Å². The summed E-state index contributed by atoms with van der Waals surface area (Å²) < 4.78 is 0. The van der Waals surface area contributed by atoms with Crippen LogP contribution in [0.25, 0.3) is 10.9 Å². The Kier molecular flexibility index (Phi) is 3.73. The van der Waals surface area contributed by atoms with Crippen molar-refractivity contribution in [3.8, 4) is 0 Å². The van der Waals surface area contributed by atoms with Gasteiger partial charge >= 0.3 is 0 Å². The number of benzene rings is 1. The molecular weight excluding hydrogens is 254 g/mol. The van der Waals surface area contributed by atoms with Gasteiger partial charge in [0, 0.05) is 31.6 Å². The Labute approximate surface area is 117 Å². The zero-order chi connectivity index (χ0) is 13.8. The van der Waals surface area contributed by atoms with Gasteiger partial charge in [-0.05, 0) is 12.1 Å².